The molecule has 0 radical (unpaired) electrons. The van der Waals surface area contributed by atoms with E-state index in [0.717, 1.165) is 12.8 Å². The molecule has 0 aromatic heterocycles. The molecule has 0 heteroatoms. The number of fused-ring (bicyclic) bond motifs is 10. The lowest BCUT2D eigenvalue weighted by Crippen LogP contribution is -2.28. The SMILES string of the molecule is c1ccc(-c2ccc(C(c3ccc4c(c3)Cc3c-4cc4ccccc4c3-c3cccc4c3Cc3ccccc3-4)c3ccc4c(c3)C(c3ccccc3)(c3ccccc3)c3ccccc3-4)cc2)cc1. The molecule has 3 aliphatic rings. The van der Waals surface area contributed by atoms with Crippen LogP contribution in [0.3, 0.4) is 0 Å². The second-order valence-corrected chi connectivity index (χ2v) is 19.0. The minimum atomic E-state index is -0.483. The molecule has 0 aliphatic heterocycles. The third-order valence-electron chi connectivity index (χ3n) is 15.6. The van der Waals surface area contributed by atoms with Crippen LogP contribution in [0.25, 0.3) is 66.4 Å². The van der Waals surface area contributed by atoms with E-state index in [9.17, 15) is 0 Å². The fourth-order valence-corrected chi connectivity index (χ4v) is 12.6. The van der Waals surface area contributed by atoms with Crippen molar-refractivity contribution in [2.45, 2.75) is 24.2 Å². The molecule has 1 atom stereocenters. The first-order valence-corrected chi connectivity index (χ1v) is 24.1. The van der Waals surface area contributed by atoms with Crippen LogP contribution in [0.2, 0.25) is 0 Å². The zero-order chi connectivity index (χ0) is 44.8. The number of benzene rings is 11. The lowest BCUT2D eigenvalue weighted by atomic mass is 9.67. The second kappa shape index (κ2) is 15.4. The zero-order valence-electron chi connectivity index (χ0n) is 37.7. The molecule has 0 saturated carbocycles. The summed E-state index contributed by atoms with van der Waals surface area (Å²) in [4.78, 5) is 0. The average molecular weight is 863 g/mol. The lowest BCUT2D eigenvalue weighted by molar-refractivity contribution is 0.765. The van der Waals surface area contributed by atoms with E-state index < -0.39 is 5.41 Å². The average Bonchev–Trinajstić information content (AvgIpc) is 4.07. The van der Waals surface area contributed by atoms with E-state index in [2.05, 4.69) is 249 Å². The van der Waals surface area contributed by atoms with Crippen molar-refractivity contribution >= 4 is 10.8 Å². The summed E-state index contributed by atoms with van der Waals surface area (Å²) in [6.45, 7) is 0. The molecule has 11 aromatic carbocycles. The largest absolute Gasteiger partial charge is 0.0713 e. The maximum absolute atomic E-state index is 2.56. The van der Waals surface area contributed by atoms with Gasteiger partial charge in [-0.25, -0.2) is 0 Å². The summed E-state index contributed by atoms with van der Waals surface area (Å²) in [5, 5.41) is 2.63. The van der Waals surface area contributed by atoms with Gasteiger partial charge < -0.3 is 0 Å². The normalized spacial score (nSPS) is 13.8. The molecule has 3 aliphatic carbocycles. The van der Waals surface area contributed by atoms with Gasteiger partial charge in [0, 0.05) is 5.92 Å². The van der Waals surface area contributed by atoms with Crippen molar-refractivity contribution < 1.29 is 0 Å². The standard InChI is InChI=1S/C68H46/c1-4-17-44(18-5-1)45-31-33-46(34-32-45)66(50-36-38-59-58-27-14-15-30-64(58)68(65(59)43-50,52-21-6-2-7-22-52)53-23-8-3-9-24-53)49-35-37-55-51(39-49)42-63-61(55)41-48-20-11-13-26-56(48)67(63)60-29-16-28-57-54-25-12-10-19-47(54)40-62(57)60/h1-39,41,43,66H,40,42H2. The molecule has 0 heterocycles. The molecule has 0 spiro atoms. The smallest absolute Gasteiger partial charge is 0.0622 e. The van der Waals surface area contributed by atoms with Gasteiger partial charge in [0.05, 0.1) is 5.41 Å². The summed E-state index contributed by atoms with van der Waals surface area (Å²) in [7, 11) is 0. The lowest BCUT2D eigenvalue weighted by Gasteiger charge is -2.34. The van der Waals surface area contributed by atoms with Crippen LogP contribution in [0, 0.1) is 0 Å². The van der Waals surface area contributed by atoms with Crippen LogP contribution in [0.5, 0.6) is 0 Å². The quantitative estimate of drug-likeness (QED) is 0.140. The van der Waals surface area contributed by atoms with E-state index >= 15 is 0 Å². The molecule has 318 valence electrons. The number of hydrogen-bond donors (Lipinski definition) is 0. The van der Waals surface area contributed by atoms with Gasteiger partial charge in [-0.05, 0) is 147 Å². The predicted molar refractivity (Wildman–Crippen MR) is 282 cm³/mol. The summed E-state index contributed by atoms with van der Waals surface area (Å²) in [5.74, 6) is -0.0125. The van der Waals surface area contributed by atoms with Crippen molar-refractivity contribution in [3.63, 3.8) is 0 Å². The Bertz CT molecular complexity index is 3730. The van der Waals surface area contributed by atoms with Crippen LogP contribution >= 0.6 is 0 Å². The van der Waals surface area contributed by atoms with E-state index in [1.807, 2.05) is 0 Å². The summed E-state index contributed by atoms with van der Waals surface area (Å²) in [6, 6.07) is 93.8. The first-order chi connectivity index (χ1) is 33.7. The molecule has 0 nitrogen and oxygen atoms in total. The Morgan fingerprint density at radius 2 is 0.853 bits per heavy atom. The van der Waals surface area contributed by atoms with Crippen molar-refractivity contribution in [1.29, 1.82) is 0 Å². The maximum Gasteiger partial charge on any atom is 0.0713 e. The summed E-state index contributed by atoms with van der Waals surface area (Å²) in [6.07, 6.45) is 1.85. The van der Waals surface area contributed by atoms with Crippen LogP contribution in [0.1, 0.15) is 67.1 Å². The molecule has 0 N–H and O–H groups in total. The van der Waals surface area contributed by atoms with Gasteiger partial charge in [0.15, 0.2) is 0 Å². The van der Waals surface area contributed by atoms with Crippen molar-refractivity contribution in [3.8, 4) is 55.6 Å². The highest BCUT2D eigenvalue weighted by Crippen LogP contribution is 2.57. The van der Waals surface area contributed by atoms with Crippen LogP contribution in [0.15, 0.2) is 249 Å². The van der Waals surface area contributed by atoms with E-state index in [-0.39, 0.29) is 5.92 Å². The zero-order valence-corrected chi connectivity index (χ0v) is 37.7. The Hall–Kier alpha value is -8.32. The van der Waals surface area contributed by atoms with Gasteiger partial charge in [0.1, 0.15) is 0 Å². The molecular formula is C68H46. The Morgan fingerprint density at radius 3 is 1.63 bits per heavy atom. The first kappa shape index (κ1) is 38.9. The Morgan fingerprint density at radius 1 is 0.309 bits per heavy atom. The Kier molecular flexibility index (Phi) is 8.80. The van der Waals surface area contributed by atoms with Crippen LogP contribution in [0.4, 0.5) is 0 Å². The van der Waals surface area contributed by atoms with Crippen molar-refractivity contribution in [3.05, 3.63) is 310 Å². The van der Waals surface area contributed by atoms with E-state index in [0.29, 0.717) is 0 Å². The molecular weight excluding hydrogens is 817 g/mol. The van der Waals surface area contributed by atoms with Gasteiger partial charge in [0.25, 0.3) is 0 Å². The van der Waals surface area contributed by atoms with Gasteiger partial charge in [-0.2, -0.15) is 0 Å². The topological polar surface area (TPSA) is 0 Å². The van der Waals surface area contributed by atoms with E-state index in [1.54, 1.807) is 0 Å². The molecule has 0 bridgehead atoms. The Labute approximate surface area is 398 Å². The molecule has 14 rings (SSSR count). The molecule has 11 aromatic rings. The van der Waals surface area contributed by atoms with E-state index in [1.165, 1.54) is 128 Å². The van der Waals surface area contributed by atoms with Crippen molar-refractivity contribution in [2.24, 2.45) is 0 Å². The highest BCUT2D eigenvalue weighted by atomic mass is 14.5. The third-order valence-corrected chi connectivity index (χ3v) is 15.6. The van der Waals surface area contributed by atoms with Gasteiger partial charge >= 0.3 is 0 Å². The van der Waals surface area contributed by atoms with Gasteiger partial charge in [-0.3, -0.25) is 0 Å². The first-order valence-electron chi connectivity index (χ1n) is 24.1. The predicted octanol–water partition coefficient (Wildman–Crippen LogP) is 16.9. The highest BCUT2D eigenvalue weighted by Gasteiger charge is 2.46. The molecule has 0 amide bonds. The van der Waals surface area contributed by atoms with Gasteiger partial charge in [0.2, 0.25) is 0 Å². The summed E-state index contributed by atoms with van der Waals surface area (Å²) < 4.78 is 0. The van der Waals surface area contributed by atoms with Gasteiger partial charge in [-0.15, -0.1) is 0 Å². The molecule has 68 heavy (non-hydrogen) atoms. The van der Waals surface area contributed by atoms with Crippen LogP contribution in [-0.2, 0) is 18.3 Å². The number of hydrogen-bond acceptors (Lipinski definition) is 0. The maximum atomic E-state index is 2.56. The minimum Gasteiger partial charge on any atom is -0.0622 e. The van der Waals surface area contributed by atoms with Crippen molar-refractivity contribution in [1.82, 2.24) is 0 Å². The van der Waals surface area contributed by atoms with Crippen LogP contribution in [-0.4, -0.2) is 0 Å². The van der Waals surface area contributed by atoms with Crippen molar-refractivity contribution in [2.75, 3.05) is 0 Å². The van der Waals surface area contributed by atoms with E-state index in [4.69, 9.17) is 0 Å². The molecule has 1 unspecified atom stereocenters. The van der Waals surface area contributed by atoms with Gasteiger partial charge in [-0.1, -0.05) is 243 Å². The number of rotatable bonds is 7. The highest BCUT2D eigenvalue weighted by molar-refractivity contribution is 6.06. The third kappa shape index (κ3) is 5.80. The van der Waals surface area contributed by atoms with Crippen LogP contribution < -0.4 is 0 Å². The fourth-order valence-electron chi connectivity index (χ4n) is 12.6. The Balaban J connectivity index is 0.956. The molecule has 0 saturated heterocycles. The minimum absolute atomic E-state index is 0.0125. The monoisotopic (exact) mass is 862 g/mol. The second-order valence-electron chi connectivity index (χ2n) is 19.0. The molecule has 0 fully saturated rings. The summed E-state index contributed by atoms with van der Waals surface area (Å²) >= 11 is 0. The fraction of sp³-hybridized carbons (Fsp3) is 0.0588. The summed E-state index contributed by atoms with van der Waals surface area (Å²) in [5.41, 5.74) is 27.6.